The van der Waals surface area contributed by atoms with Crippen molar-refractivity contribution in [3.8, 4) is 0 Å². The lowest BCUT2D eigenvalue weighted by Crippen LogP contribution is -1.90. The molecular weight excluding hydrogens is 74.9 g/mol. The van der Waals surface area contributed by atoms with Gasteiger partial charge in [0.25, 0.3) is 0 Å². The Hall–Kier alpha value is -0.265. The molecule has 0 fully saturated rings. The number of ketones is 1. The molecule has 0 aromatic carbocycles. The van der Waals surface area contributed by atoms with Gasteiger partial charge < -0.3 is 4.79 Å². The molecule has 0 bridgehead atoms. The van der Waals surface area contributed by atoms with Gasteiger partial charge in [0.15, 0.2) is 0 Å². The zero-order valence-electron chi connectivity index (χ0n) is 3.90. The molecule has 2 heteroatoms. The maximum Gasteiger partial charge on any atom is 0.124 e. The smallest absolute Gasteiger partial charge is 0.124 e. The molecule has 6 heavy (non-hydrogen) atoms. The highest BCUT2D eigenvalue weighted by Crippen LogP contribution is 1.81. The molecule has 0 N–H and O–H groups in total. The second-order valence-electron chi connectivity index (χ2n) is 1.10. The Morgan fingerprint density at radius 1 is 1.83 bits per heavy atom. The van der Waals surface area contributed by atoms with Crippen LogP contribution in [0.15, 0.2) is 0 Å². The summed E-state index contributed by atoms with van der Waals surface area (Å²) in [4.78, 5) is 10.1. The molecular formula is C4H7BO. The molecule has 0 heterocycles. The van der Waals surface area contributed by atoms with Crippen LogP contribution in [0.25, 0.3) is 0 Å². The van der Waals surface area contributed by atoms with Crippen molar-refractivity contribution in [1.29, 1.82) is 0 Å². The highest BCUT2D eigenvalue weighted by atomic mass is 16.1. The van der Waals surface area contributed by atoms with Gasteiger partial charge in [-0.05, 0) is 6.32 Å². The Balaban J connectivity index is 2.99. The van der Waals surface area contributed by atoms with Crippen LogP contribution in [0.3, 0.4) is 0 Å². The van der Waals surface area contributed by atoms with E-state index < -0.39 is 0 Å². The third-order valence-electron chi connectivity index (χ3n) is 0.622. The zero-order valence-corrected chi connectivity index (χ0v) is 3.90. The van der Waals surface area contributed by atoms with E-state index in [0.29, 0.717) is 6.42 Å². The molecule has 1 nitrogen and oxygen atoms in total. The summed E-state index contributed by atoms with van der Waals surface area (Å²) in [6.07, 6.45) is 0.757. The summed E-state index contributed by atoms with van der Waals surface area (Å²) >= 11 is 0. The molecule has 0 aliphatic heterocycles. The molecule has 0 spiro atoms. The van der Waals surface area contributed by atoms with Crippen LogP contribution in [-0.4, -0.2) is 13.6 Å². The normalized spacial score (nSPS) is 8.17. The Bertz CT molecular complexity index is 45.5. The third-order valence-corrected chi connectivity index (χ3v) is 0.622. The first-order valence-electron chi connectivity index (χ1n) is 2.03. The van der Waals surface area contributed by atoms with Crippen LogP contribution < -0.4 is 0 Å². The number of hydrogen-bond donors (Lipinski definition) is 0. The van der Waals surface area contributed by atoms with Gasteiger partial charge >= 0.3 is 0 Å². The average molecular weight is 81.9 g/mol. The van der Waals surface area contributed by atoms with Crippen molar-refractivity contribution in [3.63, 3.8) is 0 Å². The van der Waals surface area contributed by atoms with Crippen molar-refractivity contribution < 1.29 is 4.79 Å². The van der Waals surface area contributed by atoms with Crippen LogP contribution in [0.5, 0.6) is 0 Å². The fraction of sp³-hybridized carbons (Fsp3) is 0.750. The molecule has 0 aliphatic carbocycles. The molecule has 32 valence electrons. The van der Waals surface area contributed by atoms with E-state index in [2.05, 4.69) is 0 Å². The van der Waals surface area contributed by atoms with E-state index in [9.17, 15) is 4.79 Å². The summed E-state index contributed by atoms with van der Waals surface area (Å²) < 4.78 is 0. The van der Waals surface area contributed by atoms with Gasteiger partial charge in [-0.3, -0.25) is 0 Å². The number of rotatable bonds is 2. The van der Waals surface area contributed by atoms with Crippen LogP contribution >= 0.6 is 0 Å². The first kappa shape index (κ1) is 5.73. The topological polar surface area (TPSA) is 17.1 Å². The summed E-state index contributed by atoms with van der Waals surface area (Å²) in [6, 6.07) is 0. The van der Waals surface area contributed by atoms with Crippen LogP contribution in [-0.2, 0) is 4.79 Å². The Kier molecular flexibility index (Phi) is 2.82. The third kappa shape index (κ3) is 2.00. The number of carbonyl (C=O) groups excluding carboxylic acids is 1. The monoisotopic (exact) mass is 82.1 g/mol. The summed E-state index contributed by atoms with van der Waals surface area (Å²) in [7, 11) is 4.93. The van der Waals surface area contributed by atoms with Crippen LogP contribution in [0.4, 0.5) is 0 Å². The molecule has 0 rings (SSSR count). The second-order valence-corrected chi connectivity index (χ2v) is 1.10. The van der Waals surface area contributed by atoms with Crippen molar-refractivity contribution >= 4 is 13.6 Å². The molecule has 0 aromatic rings. The highest BCUT2D eigenvalue weighted by Gasteiger charge is 1.86. The second kappa shape index (κ2) is 2.95. The molecule has 0 atom stereocenters. The molecule has 0 aromatic heterocycles. The molecule has 0 amide bonds. The lowest BCUT2D eigenvalue weighted by molar-refractivity contribution is -0.116. The maximum absolute atomic E-state index is 10.1. The van der Waals surface area contributed by atoms with E-state index in [-0.39, 0.29) is 12.1 Å². The summed E-state index contributed by atoms with van der Waals surface area (Å²) in [5, 5.41) is 0. The van der Waals surface area contributed by atoms with Gasteiger partial charge in [-0.25, -0.2) is 0 Å². The lowest BCUT2D eigenvalue weighted by Gasteiger charge is -1.81. The van der Waals surface area contributed by atoms with Gasteiger partial charge in [-0.2, -0.15) is 0 Å². The van der Waals surface area contributed by atoms with Gasteiger partial charge in [0.2, 0.25) is 0 Å². The summed E-state index contributed by atoms with van der Waals surface area (Å²) in [5.74, 6) is 0.120. The standard InChI is InChI=1S/C4H7BO/c1-2-4(6)3-5/h2-3H2,1H3. The van der Waals surface area contributed by atoms with E-state index in [0.717, 1.165) is 0 Å². The van der Waals surface area contributed by atoms with Crippen molar-refractivity contribution in [3.05, 3.63) is 0 Å². The lowest BCUT2D eigenvalue weighted by atomic mass is 10.00. The SMILES string of the molecule is [B]CC(=O)CC. The van der Waals surface area contributed by atoms with Crippen molar-refractivity contribution in [2.24, 2.45) is 0 Å². The van der Waals surface area contributed by atoms with Gasteiger partial charge in [0.1, 0.15) is 5.78 Å². The minimum atomic E-state index is 0.120. The molecule has 2 radical (unpaired) electrons. The Labute approximate surface area is 39.1 Å². The van der Waals surface area contributed by atoms with E-state index >= 15 is 0 Å². The maximum atomic E-state index is 10.1. The van der Waals surface area contributed by atoms with Gasteiger partial charge in [0, 0.05) is 6.42 Å². The fourth-order valence-corrected chi connectivity index (χ4v) is 0.144. The molecule has 0 saturated carbocycles. The van der Waals surface area contributed by atoms with Gasteiger partial charge in [0.05, 0.1) is 7.85 Å². The quantitative estimate of drug-likeness (QED) is 0.444. The van der Waals surface area contributed by atoms with Crippen molar-refractivity contribution in [2.75, 3.05) is 0 Å². The minimum Gasteiger partial charge on any atom is -0.301 e. The molecule has 0 unspecified atom stereocenters. The highest BCUT2D eigenvalue weighted by molar-refractivity contribution is 6.20. The van der Waals surface area contributed by atoms with Crippen molar-refractivity contribution in [2.45, 2.75) is 19.7 Å². The Morgan fingerprint density at radius 3 is 2.33 bits per heavy atom. The van der Waals surface area contributed by atoms with Gasteiger partial charge in [-0.1, -0.05) is 6.92 Å². The number of Topliss-reactive ketones (excluding diaryl/α,β-unsaturated/α-hetero) is 1. The van der Waals surface area contributed by atoms with E-state index in [1.54, 1.807) is 6.92 Å². The van der Waals surface area contributed by atoms with Crippen molar-refractivity contribution in [1.82, 2.24) is 0 Å². The zero-order chi connectivity index (χ0) is 4.99. The predicted molar refractivity (Wildman–Crippen MR) is 25.9 cm³/mol. The van der Waals surface area contributed by atoms with Crippen LogP contribution in [0, 0.1) is 0 Å². The first-order chi connectivity index (χ1) is 2.81. The largest absolute Gasteiger partial charge is 0.301 e. The van der Waals surface area contributed by atoms with Crippen LogP contribution in [0.2, 0.25) is 6.32 Å². The first-order valence-corrected chi connectivity index (χ1v) is 2.03. The predicted octanol–water partition coefficient (Wildman–Crippen LogP) is 0.552. The fourth-order valence-electron chi connectivity index (χ4n) is 0.144. The minimum absolute atomic E-state index is 0.120. The molecule has 0 aliphatic rings. The van der Waals surface area contributed by atoms with E-state index in [4.69, 9.17) is 7.85 Å². The number of hydrogen-bond acceptors (Lipinski definition) is 1. The average Bonchev–Trinajstić information content (AvgIpc) is 1.65. The van der Waals surface area contributed by atoms with E-state index in [1.807, 2.05) is 0 Å². The summed E-state index contributed by atoms with van der Waals surface area (Å²) in [5.41, 5.74) is 0. The van der Waals surface area contributed by atoms with Gasteiger partial charge in [-0.15, -0.1) is 0 Å². The van der Waals surface area contributed by atoms with E-state index in [1.165, 1.54) is 0 Å². The summed E-state index contributed by atoms with van der Waals surface area (Å²) in [6.45, 7) is 1.80. The molecule has 0 saturated heterocycles. The van der Waals surface area contributed by atoms with Crippen LogP contribution in [0.1, 0.15) is 13.3 Å². The Morgan fingerprint density at radius 2 is 2.33 bits per heavy atom. The number of carbonyl (C=O) groups is 1.